The van der Waals surface area contributed by atoms with Crippen molar-refractivity contribution < 1.29 is 9.53 Å². The third kappa shape index (κ3) is 3.99. The highest BCUT2D eigenvalue weighted by Crippen LogP contribution is 2.58. The normalized spacial score (nSPS) is 21.4. The molecule has 0 aromatic heterocycles. The fourth-order valence-electron chi connectivity index (χ4n) is 3.48. The number of hydrogen-bond donors (Lipinski definition) is 2. The second-order valence-electron chi connectivity index (χ2n) is 6.71. The molecular weight excluding hydrogens is 312 g/mol. The van der Waals surface area contributed by atoms with E-state index in [-0.39, 0.29) is 29.6 Å². The number of nitrogens with one attached hydrogen (secondary N) is 2. The highest BCUT2D eigenvalue weighted by Gasteiger charge is 2.57. The van der Waals surface area contributed by atoms with Gasteiger partial charge in [-0.1, -0.05) is 13.0 Å². The summed E-state index contributed by atoms with van der Waals surface area (Å²) in [6, 6.07) is 5.97. The van der Waals surface area contributed by atoms with E-state index in [1.165, 1.54) is 0 Å². The van der Waals surface area contributed by atoms with Gasteiger partial charge in [0.2, 0.25) is 5.91 Å². The van der Waals surface area contributed by atoms with Gasteiger partial charge in [-0.25, -0.2) is 0 Å². The summed E-state index contributed by atoms with van der Waals surface area (Å²) in [4.78, 5) is 12.6. The SMILES string of the molecule is CCCOc1cc(C)ccc1NC(=O)C1CC12CCNCC2.Cl. The van der Waals surface area contributed by atoms with Gasteiger partial charge in [0.05, 0.1) is 12.3 Å². The summed E-state index contributed by atoms with van der Waals surface area (Å²) in [6.45, 7) is 6.87. The molecule has 1 spiro atoms. The third-order valence-corrected chi connectivity index (χ3v) is 4.96. The third-order valence-electron chi connectivity index (χ3n) is 4.96. The van der Waals surface area contributed by atoms with E-state index in [4.69, 9.17) is 4.74 Å². The van der Waals surface area contributed by atoms with Crippen LogP contribution in [0.1, 0.15) is 38.2 Å². The summed E-state index contributed by atoms with van der Waals surface area (Å²) in [6.07, 6.45) is 4.24. The number of aryl methyl sites for hydroxylation is 1. The highest BCUT2D eigenvalue weighted by molar-refractivity contribution is 5.96. The van der Waals surface area contributed by atoms with Crippen molar-refractivity contribution in [3.05, 3.63) is 23.8 Å². The number of amides is 1. The van der Waals surface area contributed by atoms with Gasteiger partial charge in [0.1, 0.15) is 5.75 Å². The molecular formula is C18H27ClN2O2. The minimum Gasteiger partial charge on any atom is -0.491 e. The number of carbonyl (C=O) groups is 1. The van der Waals surface area contributed by atoms with Crippen LogP contribution in [0.5, 0.6) is 5.75 Å². The molecule has 1 unspecified atom stereocenters. The zero-order valence-electron chi connectivity index (χ0n) is 14.0. The van der Waals surface area contributed by atoms with Gasteiger partial charge in [-0.15, -0.1) is 12.4 Å². The molecule has 23 heavy (non-hydrogen) atoms. The average Bonchev–Trinajstić information content (AvgIpc) is 3.21. The molecule has 2 N–H and O–H groups in total. The van der Waals surface area contributed by atoms with Crippen LogP contribution in [-0.2, 0) is 4.79 Å². The van der Waals surface area contributed by atoms with E-state index < -0.39 is 0 Å². The van der Waals surface area contributed by atoms with Crippen molar-refractivity contribution in [1.82, 2.24) is 5.32 Å². The Hall–Kier alpha value is -1.26. The second kappa shape index (κ2) is 7.54. The Morgan fingerprint density at radius 1 is 1.39 bits per heavy atom. The number of piperidine rings is 1. The fraction of sp³-hybridized carbons (Fsp3) is 0.611. The van der Waals surface area contributed by atoms with Crippen molar-refractivity contribution in [3.63, 3.8) is 0 Å². The van der Waals surface area contributed by atoms with E-state index in [2.05, 4.69) is 17.6 Å². The van der Waals surface area contributed by atoms with Crippen LogP contribution in [0, 0.1) is 18.3 Å². The second-order valence-corrected chi connectivity index (χ2v) is 6.71. The van der Waals surface area contributed by atoms with Gasteiger partial charge in [0.25, 0.3) is 0 Å². The molecule has 128 valence electrons. The van der Waals surface area contributed by atoms with E-state index in [9.17, 15) is 4.79 Å². The largest absolute Gasteiger partial charge is 0.491 e. The molecule has 3 rings (SSSR count). The van der Waals surface area contributed by atoms with Crippen LogP contribution in [0.4, 0.5) is 5.69 Å². The molecule has 1 atom stereocenters. The standard InChI is InChI=1S/C18H26N2O2.ClH/c1-3-10-22-16-11-13(2)4-5-15(16)20-17(21)14-12-18(14)6-8-19-9-7-18;/h4-5,11,14,19H,3,6-10,12H2,1-2H3,(H,20,21);1H. The molecule has 1 amide bonds. The summed E-state index contributed by atoms with van der Waals surface area (Å²) >= 11 is 0. The monoisotopic (exact) mass is 338 g/mol. The number of carbonyl (C=O) groups excluding carboxylic acids is 1. The molecule has 1 heterocycles. The molecule has 1 aliphatic heterocycles. The Balaban J connectivity index is 0.00000192. The summed E-state index contributed by atoms with van der Waals surface area (Å²) < 4.78 is 5.78. The predicted molar refractivity (Wildman–Crippen MR) is 95.5 cm³/mol. The molecule has 1 aromatic rings. The number of ether oxygens (including phenoxy) is 1. The Labute approximate surface area is 144 Å². The highest BCUT2D eigenvalue weighted by atomic mass is 35.5. The van der Waals surface area contributed by atoms with E-state index in [1.807, 2.05) is 25.1 Å². The van der Waals surface area contributed by atoms with E-state index >= 15 is 0 Å². The Morgan fingerprint density at radius 2 is 2.13 bits per heavy atom. The van der Waals surface area contributed by atoms with E-state index in [0.717, 1.165) is 55.8 Å². The van der Waals surface area contributed by atoms with Crippen LogP contribution >= 0.6 is 12.4 Å². The van der Waals surface area contributed by atoms with Gasteiger partial charge in [-0.05, 0) is 68.8 Å². The summed E-state index contributed by atoms with van der Waals surface area (Å²) in [5.41, 5.74) is 2.22. The average molecular weight is 339 g/mol. The Bertz CT molecular complexity index is 556. The smallest absolute Gasteiger partial charge is 0.228 e. The first-order valence-electron chi connectivity index (χ1n) is 8.40. The molecule has 1 saturated heterocycles. The van der Waals surface area contributed by atoms with Gasteiger partial charge in [-0.2, -0.15) is 0 Å². The molecule has 0 radical (unpaired) electrons. The predicted octanol–water partition coefficient (Wildman–Crippen LogP) is 3.53. The van der Waals surface area contributed by atoms with Crippen molar-refractivity contribution >= 4 is 24.0 Å². The van der Waals surface area contributed by atoms with Crippen LogP contribution in [0.25, 0.3) is 0 Å². The van der Waals surface area contributed by atoms with Gasteiger partial charge in [0, 0.05) is 5.92 Å². The molecule has 1 saturated carbocycles. The summed E-state index contributed by atoms with van der Waals surface area (Å²) in [5, 5.41) is 6.47. The number of anilines is 1. The minimum atomic E-state index is 0. The molecule has 5 heteroatoms. The number of rotatable bonds is 5. The number of halogens is 1. The van der Waals surface area contributed by atoms with Crippen LogP contribution in [0.2, 0.25) is 0 Å². The van der Waals surface area contributed by atoms with Gasteiger partial charge in [0.15, 0.2) is 0 Å². The Kier molecular flexibility index (Phi) is 5.93. The molecule has 2 fully saturated rings. The van der Waals surface area contributed by atoms with Crippen molar-refractivity contribution in [2.24, 2.45) is 11.3 Å². The van der Waals surface area contributed by atoms with Crippen molar-refractivity contribution in [2.75, 3.05) is 25.0 Å². The lowest BCUT2D eigenvalue weighted by molar-refractivity contribution is -0.118. The Morgan fingerprint density at radius 3 is 2.83 bits per heavy atom. The van der Waals surface area contributed by atoms with Crippen LogP contribution in [-0.4, -0.2) is 25.6 Å². The maximum absolute atomic E-state index is 12.6. The van der Waals surface area contributed by atoms with Crippen LogP contribution in [0.3, 0.4) is 0 Å². The zero-order chi connectivity index (χ0) is 15.6. The molecule has 2 aliphatic rings. The van der Waals surface area contributed by atoms with Crippen LogP contribution < -0.4 is 15.4 Å². The first-order chi connectivity index (χ1) is 10.6. The van der Waals surface area contributed by atoms with Crippen molar-refractivity contribution in [2.45, 2.75) is 39.5 Å². The fourth-order valence-corrected chi connectivity index (χ4v) is 3.48. The van der Waals surface area contributed by atoms with Gasteiger partial charge >= 0.3 is 0 Å². The maximum Gasteiger partial charge on any atom is 0.228 e. The van der Waals surface area contributed by atoms with Crippen molar-refractivity contribution in [3.8, 4) is 5.75 Å². The summed E-state index contributed by atoms with van der Waals surface area (Å²) in [5.74, 6) is 1.12. The lowest BCUT2D eigenvalue weighted by atomic mass is 9.92. The van der Waals surface area contributed by atoms with Gasteiger partial charge < -0.3 is 15.4 Å². The van der Waals surface area contributed by atoms with Crippen LogP contribution in [0.15, 0.2) is 18.2 Å². The number of hydrogen-bond acceptors (Lipinski definition) is 3. The molecule has 1 aromatic carbocycles. The van der Waals surface area contributed by atoms with E-state index in [1.54, 1.807) is 0 Å². The first kappa shape index (κ1) is 18.1. The van der Waals surface area contributed by atoms with E-state index in [0.29, 0.717) is 6.61 Å². The minimum absolute atomic E-state index is 0. The first-order valence-corrected chi connectivity index (χ1v) is 8.40. The quantitative estimate of drug-likeness (QED) is 0.863. The topological polar surface area (TPSA) is 50.4 Å². The van der Waals surface area contributed by atoms with Crippen molar-refractivity contribution in [1.29, 1.82) is 0 Å². The lowest BCUT2D eigenvalue weighted by Gasteiger charge is -2.23. The molecule has 1 aliphatic carbocycles. The maximum atomic E-state index is 12.6. The summed E-state index contributed by atoms with van der Waals surface area (Å²) in [7, 11) is 0. The number of benzene rings is 1. The molecule has 4 nitrogen and oxygen atoms in total. The van der Waals surface area contributed by atoms with Gasteiger partial charge in [-0.3, -0.25) is 4.79 Å². The zero-order valence-corrected chi connectivity index (χ0v) is 14.8. The molecule has 0 bridgehead atoms. The lowest BCUT2D eigenvalue weighted by Crippen LogP contribution is -2.31.